The minimum absolute atomic E-state index is 0.267. The summed E-state index contributed by atoms with van der Waals surface area (Å²) in [6.45, 7) is 2.09. The van der Waals surface area contributed by atoms with E-state index in [-0.39, 0.29) is 5.82 Å². The van der Waals surface area contributed by atoms with Gasteiger partial charge in [-0.05, 0) is 76.2 Å². The van der Waals surface area contributed by atoms with Crippen LogP contribution in [0.5, 0.6) is 0 Å². The molecule has 0 amide bonds. The van der Waals surface area contributed by atoms with E-state index in [9.17, 15) is 9.18 Å². The van der Waals surface area contributed by atoms with E-state index in [4.69, 9.17) is 5.11 Å². The Hall–Kier alpha value is -4.05. The molecule has 1 heterocycles. The molecule has 0 aliphatic heterocycles. The van der Waals surface area contributed by atoms with Gasteiger partial charge < -0.3 is 5.11 Å². The Morgan fingerprint density at radius 3 is 2.31 bits per heavy atom. The fourth-order valence-corrected chi connectivity index (χ4v) is 3.85. The summed E-state index contributed by atoms with van der Waals surface area (Å²) in [7, 11) is 0. The van der Waals surface area contributed by atoms with Crippen molar-refractivity contribution in [1.82, 2.24) is 4.98 Å². The molecule has 0 bridgehead atoms. The lowest BCUT2D eigenvalue weighted by Gasteiger charge is -2.17. The van der Waals surface area contributed by atoms with Gasteiger partial charge in [-0.15, -0.1) is 0 Å². The molecule has 4 rings (SSSR count). The maximum atomic E-state index is 13.6. The molecular formula is C28H22FNO2. The fourth-order valence-electron chi connectivity index (χ4n) is 3.85. The van der Waals surface area contributed by atoms with E-state index in [2.05, 4.69) is 24.0 Å². The number of hydrogen-bond acceptors (Lipinski definition) is 2. The number of benzene rings is 3. The van der Waals surface area contributed by atoms with E-state index in [1.165, 1.54) is 12.1 Å². The monoisotopic (exact) mass is 423 g/mol. The molecule has 1 N–H and O–H groups in total. The number of fused-ring (bicyclic) bond motifs is 1. The SMILES string of the molecule is CC/C(=C(/c1ccc(/C=C/C(=O)O)cc1)c1ccc2ncccc2c1)c1ccc(F)cc1. The third-order valence-electron chi connectivity index (χ3n) is 5.36. The van der Waals surface area contributed by atoms with Gasteiger partial charge in [-0.2, -0.15) is 0 Å². The number of carboxylic acids is 1. The van der Waals surface area contributed by atoms with Gasteiger partial charge in [-0.1, -0.05) is 55.5 Å². The molecule has 3 nitrogen and oxygen atoms in total. The van der Waals surface area contributed by atoms with E-state index in [1.807, 2.05) is 42.5 Å². The highest BCUT2D eigenvalue weighted by molar-refractivity contribution is 6.00. The molecular weight excluding hydrogens is 401 g/mol. The maximum absolute atomic E-state index is 13.6. The number of rotatable bonds is 6. The molecule has 0 radical (unpaired) electrons. The highest BCUT2D eigenvalue weighted by Crippen LogP contribution is 2.35. The Morgan fingerprint density at radius 2 is 1.62 bits per heavy atom. The summed E-state index contributed by atoms with van der Waals surface area (Å²) in [5.41, 5.74) is 6.88. The highest BCUT2D eigenvalue weighted by atomic mass is 19.1. The normalized spacial score (nSPS) is 12.2. The number of aromatic nitrogens is 1. The van der Waals surface area contributed by atoms with Crippen LogP contribution in [0.4, 0.5) is 4.39 Å². The van der Waals surface area contributed by atoms with Crippen LogP contribution in [0.3, 0.4) is 0 Å². The Labute approximate surface area is 186 Å². The first-order valence-corrected chi connectivity index (χ1v) is 10.4. The maximum Gasteiger partial charge on any atom is 0.328 e. The van der Waals surface area contributed by atoms with Crippen molar-refractivity contribution in [3.8, 4) is 0 Å². The van der Waals surface area contributed by atoms with Crippen molar-refractivity contribution in [2.45, 2.75) is 13.3 Å². The molecule has 0 fully saturated rings. The van der Waals surface area contributed by atoms with Crippen molar-refractivity contribution in [2.24, 2.45) is 0 Å². The van der Waals surface area contributed by atoms with Gasteiger partial charge in [-0.25, -0.2) is 9.18 Å². The van der Waals surface area contributed by atoms with Crippen molar-refractivity contribution < 1.29 is 14.3 Å². The molecule has 3 aromatic carbocycles. The Balaban J connectivity index is 1.91. The Morgan fingerprint density at radius 1 is 0.938 bits per heavy atom. The van der Waals surface area contributed by atoms with Gasteiger partial charge in [0.2, 0.25) is 0 Å². The van der Waals surface area contributed by atoms with Gasteiger partial charge in [0.1, 0.15) is 5.82 Å². The molecule has 4 heteroatoms. The first kappa shape index (κ1) is 21.2. The molecule has 0 aliphatic carbocycles. The van der Waals surface area contributed by atoms with Crippen molar-refractivity contribution in [3.63, 3.8) is 0 Å². The number of nitrogens with zero attached hydrogens (tertiary/aromatic N) is 1. The zero-order chi connectivity index (χ0) is 22.5. The summed E-state index contributed by atoms with van der Waals surface area (Å²) in [6.07, 6.45) is 5.22. The molecule has 0 spiro atoms. The van der Waals surface area contributed by atoms with Crippen LogP contribution in [0.15, 0.2) is 91.1 Å². The lowest BCUT2D eigenvalue weighted by Crippen LogP contribution is -1.96. The lowest BCUT2D eigenvalue weighted by atomic mass is 9.87. The molecule has 4 aromatic rings. The average Bonchev–Trinajstić information content (AvgIpc) is 2.82. The minimum atomic E-state index is -0.982. The van der Waals surface area contributed by atoms with Crippen LogP contribution in [-0.4, -0.2) is 16.1 Å². The van der Waals surface area contributed by atoms with Crippen LogP contribution in [0.2, 0.25) is 0 Å². The van der Waals surface area contributed by atoms with Crippen LogP contribution in [-0.2, 0) is 4.79 Å². The van der Waals surface area contributed by atoms with E-state index in [0.29, 0.717) is 0 Å². The number of allylic oxidation sites excluding steroid dienone is 1. The van der Waals surface area contributed by atoms with E-state index < -0.39 is 5.97 Å². The van der Waals surface area contributed by atoms with Gasteiger partial charge in [0.05, 0.1) is 5.52 Å². The van der Waals surface area contributed by atoms with E-state index in [1.54, 1.807) is 24.4 Å². The first-order valence-electron chi connectivity index (χ1n) is 10.4. The number of hydrogen-bond donors (Lipinski definition) is 1. The van der Waals surface area contributed by atoms with Crippen LogP contribution in [0.25, 0.3) is 28.1 Å². The quantitative estimate of drug-likeness (QED) is 0.273. The van der Waals surface area contributed by atoms with Crippen LogP contribution in [0, 0.1) is 5.82 Å². The third-order valence-corrected chi connectivity index (χ3v) is 5.36. The Kier molecular flexibility index (Phi) is 6.22. The fraction of sp³-hybridized carbons (Fsp3) is 0.0714. The average molecular weight is 423 g/mol. The first-order chi connectivity index (χ1) is 15.5. The second-order valence-corrected chi connectivity index (χ2v) is 7.42. The van der Waals surface area contributed by atoms with Crippen molar-refractivity contribution in [2.75, 3.05) is 0 Å². The zero-order valence-corrected chi connectivity index (χ0v) is 17.6. The molecule has 0 saturated heterocycles. The lowest BCUT2D eigenvalue weighted by molar-refractivity contribution is -0.131. The van der Waals surface area contributed by atoms with Gasteiger partial charge in [0.25, 0.3) is 0 Å². The van der Waals surface area contributed by atoms with E-state index in [0.717, 1.165) is 56.8 Å². The summed E-state index contributed by atoms with van der Waals surface area (Å²) in [5.74, 6) is -1.25. The predicted octanol–water partition coefficient (Wildman–Crippen LogP) is 6.84. The van der Waals surface area contributed by atoms with Gasteiger partial charge >= 0.3 is 5.97 Å². The smallest absolute Gasteiger partial charge is 0.328 e. The molecule has 0 saturated carbocycles. The topological polar surface area (TPSA) is 50.2 Å². The molecule has 158 valence electrons. The van der Waals surface area contributed by atoms with Crippen LogP contribution >= 0.6 is 0 Å². The summed E-state index contributed by atoms with van der Waals surface area (Å²) in [6, 6.07) is 24.5. The zero-order valence-electron chi connectivity index (χ0n) is 17.6. The van der Waals surface area contributed by atoms with Crippen molar-refractivity contribution in [3.05, 3.63) is 119 Å². The Bertz CT molecular complexity index is 1320. The number of carboxylic acid groups (broad SMARTS) is 1. The number of halogens is 1. The van der Waals surface area contributed by atoms with E-state index >= 15 is 0 Å². The standard InChI is InChI=1S/C28H22FNO2/c1-2-25(20-10-13-24(29)14-11-20)28(21-8-5-19(6-9-21)7-16-27(31)32)23-12-15-26-22(18-23)4-3-17-30-26/h3-18H,2H2,1H3,(H,31,32)/b16-7+,28-25+. The molecule has 1 aromatic heterocycles. The summed E-state index contributed by atoms with van der Waals surface area (Å²) < 4.78 is 13.6. The minimum Gasteiger partial charge on any atom is -0.478 e. The summed E-state index contributed by atoms with van der Waals surface area (Å²) >= 11 is 0. The number of carbonyl (C=O) groups is 1. The van der Waals surface area contributed by atoms with Gasteiger partial charge in [0.15, 0.2) is 0 Å². The van der Waals surface area contributed by atoms with Gasteiger partial charge in [-0.3, -0.25) is 4.98 Å². The van der Waals surface area contributed by atoms with Crippen molar-refractivity contribution >= 4 is 34.1 Å². The second kappa shape index (κ2) is 9.40. The largest absolute Gasteiger partial charge is 0.478 e. The predicted molar refractivity (Wildman–Crippen MR) is 127 cm³/mol. The van der Waals surface area contributed by atoms with Crippen LogP contribution < -0.4 is 0 Å². The molecule has 32 heavy (non-hydrogen) atoms. The number of aliphatic carboxylic acids is 1. The summed E-state index contributed by atoms with van der Waals surface area (Å²) in [4.78, 5) is 15.2. The van der Waals surface area contributed by atoms with Gasteiger partial charge in [0, 0.05) is 17.7 Å². The second-order valence-electron chi connectivity index (χ2n) is 7.42. The number of pyridine rings is 1. The third kappa shape index (κ3) is 4.65. The molecule has 0 aliphatic rings. The molecule has 0 atom stereocenters. The highest BCUT2D eigenvalue weighted by Gasteiger charge is 2.14. The van der Waals surface area contributed by atoms with Crippen molar-refractivity contribution in [1.29, 1.82) is 0 Å². The van der Waals surface area contributed by atoms with Crippen LogP contribution in [0.1, 0.15) is 35.6 Å². The molecule has 0 unspecified atom stereocenters. The summed E-state index contributed by atoms with van der Waals surface area (Å²) in [5, 5.41) is 9.92.